The predicted molar refractivity (Wildman–Crippen MR) is 121 cm³/mol. The molecule has 30 heavy (non-hydrogen) atoms. The van der Waals surface area contributed by atoms with Gasteiger partial charge >= 0.3 is 0 Å². The second-order valence-corrected chi connectivity index (χ2v) is 8.22. The van der Waals surface area contributed by atoms with Gasteiger partial charge in [-0.15, -0.1) is 0 Å². The summed E-state index contributed by atoms with van der Waals surface area (Å²) in [5.74, 6) is 0.788. The van der Waals surface area contributed by atoms with Gasteiger partial charge < -0.3 is 20.7 Å². The SMILES string of the molecule is CCNC(=O)c1ccc(CNC(=NC)NCC2(N3CCOCC3)CCCCC2)cc1. The fourth-order valence-corrected chi connectivity index (χ4v) is 4.54. The first-order valence-electron chi connectivity index (χ1n) is 11.3. The van der Waals surface area contributed by atoms with Crippen LogP contribution < -0.4 is 16.0 Å². The Balaban J connectivity index is 1.53. The van der Waals surface area contributed by atoms with E-state index in [1.165, 1.54) is 32.1 Å². The van der Waals surface area contributed by atoms with Crippen LogP contribution in [0.3, 0.4) is 0 Å². The van der Waals surface area contributed by atoms with Gasteiger partial charge in [-0.05, 0) is 37.5 Å². The Bertz CT molecular complexity index is 692. The zero-order valence-electron chi connectivity index (χ0n) is 18.5. The fourth-order valence-electron chi connectivity index (χ4n) is 4.54. The molecule has 1 saturated heterocycles. The van der Waals surface area contributed by atoms with Crippen molar-refractivity contribution < 1.29 is 9.53 Å². The van der Waals surface area contributed by atoms with Gasteiger partial charge in [0.05, 0.1) is 13.2 Å². The van der Waals surface area contributed by atoms with Crippen molar-refractivity contribution in [1.29, 1.82) is 0 Å². The molecule has 1 aromatic rings. The van der Waals surface area contributed by atoms with Crippen LogP contribution in [0.15, 0.2) is 29.3 Å². The topological polar surface area (TPSA) is 78.0 Å². The predicted octanol–water partition coefficient (Wildman–Crippen LogP) is 2.14. The first-order valence-corrected chi connectivity index (χ1v) is 11.3. The summed E-state index contributed by atoms with van der Waals surface area (Å²) in [4.78, 5) is 19.0. The number of rotatable bonds is 7. The average molecular weight is 416 g/mol. The van der Waals surface area contributed by atoms with Crippen LogP contribution in [0.2, 0.25) is 0 Å². The number of nitrogens with zero attached hydrogens (tertiary/aromatic N) is 2. The van der Waals surface area contributed by atoms with Crippen molar-refractivity contribution in [2.24, 2.45) is 4.99 Å². The van der Waals surface area contributed by atoms with E-state index >= 15 is 0 Å². The summed E-state index contributed by atoms with van der Waals surface area (Å²) in [5.41, 5.74) is 2.01. The van der Waals surface area contributed by atoms with E-state index in [1.807, 2.05) is 38.2 Å². The zero-order valence-corrected chi connectivity index (χ0v) is 18.5. The second-order valence-electron chi connectivity index (χ2n) is 8.22. The van der Waals surface area contributed by atoms with E-state index in [0.29, 0.717) is 18.7 Å². The quantitative estimate of drug-likeness (QED) is 0.470. The number of ether oxygens (including phenoxy) is 1. The van der Waals surface area contributed by atoms with Crippen LogP contribution in [0.5, 0.6) is 0 Å². The van der Waals surface area contributed by atoms with Gasteiger partial charge in [-0.2, -0.15) is 0 Å². The zero-order chi connectivity index (χ0) is 21.2. The molecule has 166 valence electrons. The number of aliphatic imine (C=N–C) groups is 1. The van der Waals surface area contributed by atoms with E-state index in [1.54, 1.807) is 0 Å². The Labute approximate surface area is 180 Å². The summed E-state index contributed by atoms with van der Waals surface area (Å²) in [5, 5.41) is 9.82. The minimum Gasteiger partial charge on any atom is -0.379 e. The Hall–Kier alpha value is -2.12. The minimum atomic E-state index is -0.0321. The van der Waals surface area contributed by atoms with Crippen molar-refractivity contribution in [3.8, 4) is 0 Å². The van der Waals surface area contributed by atoms with Gasteiger partial charge in [-0.3, -0.25) is 14.7 Å². The summed E-state index contributed by atoms with van der Waals surface area (Å²) >= 11 is 0. The van der Waals surface area contributed by atoms with Gasteiger partial charge in [0.2, 0.25) is 0 Å². The summed E-state index contributed by atoms with van der Waals surface area (Å²) in [6.07, 6.45) is 6.40. The van der Waals surface area contributed by atoms with Crippen LogP contribution in [0.25, 0.3) is 0 Å². The Morgan fingerprint density at radius 1 is 1.07 bits per heavy atom. The molecule has 0 radical (unpaired) electrons. The minimum absolute atomic E-state index is 0.0321. The van der Waals surface area contributed by atoms with Crippen molar-refractivity contribution in [2.75, 3.05) is 46.4 Å². The number of carbonyl (C=O) groups excluding carboxylic acids is 1. The molecule has 0 bridgehead atoms. The molecule has 0 atom stereocenters. The Kier molecular flexibility index (Phi) is 8.51. The van der Waals surface area contributed by atoms with E-state index < -0.39 is 0 Å². The lowest BCUT2D eigenvalue weighted by Crippen LogP contribution is -2.60. The number of benzene rings is 1. The van der Waals surface area contributed by atoms with Crippen molar-refractivity contribution in [2.45, 2.75) is 51.1 Å². The van der Waals surface area contributed by atoms with Crippen molar-refractivity contribution >= 4 is 11.9 Å². The second kappa shape index (κ2) is 11.3. The number of morpholine rings is 1. The smallest absolute Gasteiger partial charge is 0.251 e. The number of hydrogen-bond acceptors (Lipinski definition) is 4. The van der Waals surface area contributed by atoms with E-state index in [0.717, 1.165) is 44.4 Å². The molecule has 1 saturated carbocycles. The lowest BCUT2D eigenvalue weighted by atomic mass is 9.80. The maximum absolute atomic E-state index is 11.9. The summed E-state index contributed by atoms with van der Waals surface area (Å²) in [6, 6.07) is 7.71. The first-order chi connectivity index (χ1) is 14.7. The number of amides is 1. The number of carbonyl (C=O) groups is 1. The molecule has 2 fully saturated rings. The summed E-state index contributed by atoms with van der Waals surface area (Å²) < 4.78 is 5.58. The molecule has 1 amide bonds. The third-order valence-corrected chi connectivity index (χ3v) is 6.29. The number of guanidine groups is 1. The lowest BCUT2D eigenvalue weighted by Gasteiger charge is -2.48. The van der Waals surface area contributed by atoms with Crippen LogP contribution in [-0.2, 0) is 11.3 Å². The molecule has 0 aromatic heterocycles. The highest BCUT2D eigenvalue weighted by molar-refractivity contribution is 5.94. The molecule has 1 aliphatic carbocycles. The summed E-state index contributed by atoms with van der Waals surface area (Å²) in [6.45, 7) is 7.84. The van der Waals surface area contributed by atoms with E-state index in [4.69, 9.17) is 4.74 Å². The van der Waals surface area contributed by atoms with Crippen LogP contribution in [0, 0.1) is 0 Å². The molecule has 1 aliphatic heterocycles. The standard InChI is InChI=1S/C23H37N5O2/c1-3-25-21(29)20-9-7-19(8-10-20)17-26-22(24-2)27-18-23(11-5-4-6-12-23)28-13-15-30-16-14-28/h7-10H,3-6,11-18H2,1-2H3,(H,25,29)(H2,24,26,27). The molecule has 1 heterocycles. The molecular formula is C23H37N5O2. The van der Waals surface area contributed by atoms with Crippen molar-refractivity contribution in [3.05, 3.63) is 35.4 Å². The van der Waals surface area contributed by atoms with Gasteiger partial charge in [0.15, 0.2) is 5.96 Å². The lowest BCUT2D eigenvalue weighted by molar-refractivity contribution is -0.0352. The molecule has 3 N–H and O–H groups in total. The van der Waals surface area contributed by atoms with E-state index in [2.05, 4.69) is 25.8 Å². The van der Waals surface area contributed by atoms with Crippen LogP contribution in [-0.4, -0.2) is 68.7 Å². The maximum atomic E-state index is 11.9. The molecule has 2 aliphatic rings. The molecule has 1 aromatic carbocycles. The molecule has 7 heteroatoms. The number of hydrogen-bond donors (Lipinski definition) is 3. The third kappa shape index (κ3) is 5.95. The molecule has 0 spiro atoms. The molecule has 0 unspecified atom stereocenters. The van der Waals surface area contributed by atoms with Crippen LogP contribution in [0.1, 0.15) is 54.9 Å². The Morgan fingerprint density at radius 2 is 1.77 bits per heavy atom. The van der Waals surface area contributed by atoms with E-state index in [-0.39, 0.29) is 11.4 Å². The van der Waals surface area contributed by atoms with Crippen molar-refractivity contribution in [3.63, 3.8) is 0 Å². The van der Waals surface area contributed by atoms with Crippen molar-refractivity contribution in [1.82, 2.24) is 20.9 Å². The maximum Gasteiger partial charge on any atom is 0.251 e. The fraction of sp³-hybridized carbons (Fsp3) is 0.652. The van der Waals surface area contributed by atoms with Gasteiger partial charge in [0.25, 0.3) is 5.91 Å². The summed E-state index contributed by atoms with van der Waals surface area (Å²) in [7, 11) is 1.82. The van der Waals surface area contributed by atoms with Gasteiger partial charge in [-0.25, -0.2) is 0 Å². The third-order valence-electron chi connectivity index (χ3n) is 6.29. The normalized spacial score (nSPS) is 19.9. The molecular weight excluding hydrogens is 378 g/mol. The van der Waals surface area contributed by atoms with Gasteiger partial charge in [0.1, 0.15) is 0 Å². The first kappa shape index (κ1) is 22.6. The highest BCUT2D eigenvalue weighted by Gasteiger charge is 2.38. The monoisotopic (exact) mass is 415 g/mol. The molecule has 3 rings (SSSR count). The number of nitrogens with one attached hydrogen (secondary N) is 3. The highest BCUT2D eigenvalue weighted by atomic mass is 16.5. The Morgan fingerprint density at radius 3 is 2.40 bits per heavy atom. The van der Waals surface area contributed by atoms with Crippen LogP contribution >= 0.6 is 0 Å². The van der Waals surface area contributed by atoms with Crippen LogP contribution in [0.4, 0.5) is 0 Å². The van der Waals surface area contributed by atoms with Gasteiger partial charge in [0, 0.05) is 50.9 Å². The van der Waals surface area contributed by atoms with Gasteiger partial charge in [-0.1, -0.05) is 31.4 Å². The molecule has 7 nitrogen and oxygen atoms in total. The highest BCUT2D eigenvalue weighted by Crippen LogP contribution is 2.33. The average Bonchev–Trinajstić information content (AvgIpc) is 2.81. The van der Waals surface area contributed by atoms with E-state index in [9.17, 15) is 4.79 Å². The largest absolute Gasteiger partial charge is 0.379 e.